The molecule has 14 heavy (non-hydrogen) atoms. The number of nitrogens with one attached hydrogen (secondary N) is 1. The summed E-state index contributed by atoms with van der Waals surface area (Å²) < 4.78 is 4.52. The van der Waals surface area contributed by atoms with Gasteiger partial charge in [0.2, 0.25) is 5.82 Å². The Kier molecular flexibility index (Phi) is 2.30. The lowest BCUT2D eigenvalue weighted by atomic mass is 10.5. The van der Waals surface area contributed by atoms with Gasteiger partial charge in [0.15, 0.2) is 0 Å². The second kappa shape index (κ2) is 3.61. The molecule has 1 aromatic heterocycles. The molecule has 1 aliphatic rings. The third-order valence-electron chi connectivity index (χ3n) is 1.95. The Hall–Kier alpha value is -1.65. The third kappa shape index (κ3) is 1.99. The van der Waals surface area contributed by atoms with E-state index in [4.69, 9.17) is 0 Å². The normalized spacial score (nSPS) is 14.9. The lowest BCUT2D eigenvalue weighted by Gasteiger charge is -2.03. The summed E-state index contributed by atoms with van der Waals surface area (Å²) in [5.74, 6) is 0.269. The van der Waals surface area contributed by atoms with E-state index in [1.54, 1.807) is 12.3 Å². The van der Waals surface area contributed by atoms with Gasteiger partial charge in [0, 0.05) is 12.2 Å². The second-order valence-electron chi connectivity index (χ2n) is 3.18. The average Bonchev–Trinajstić information content (AvgIpc) is 3.01. The van der Waals surface area contributed by atoms with E-state index in [1.165, 1.54) is 7.11 Å². The molecule has 0 spiro atoms. The van der Waals surface area contributed by atoms with E-state index in [0.29, 0.717) is 11.9 Å². The standard InChI is InChI=1S/C9H11N3O2/c1-14-9(13)8-10-5-4-7(12-8)11-6-2-3-6/h4-6H,2-3H2,1H3,(H,10,11,12). The zero-order chi connectivity index (χ0) is 9.97. The first-order valence-electron chi connectivity index (χ1n) is 4.47. The van der Waals surface area contributed by atoms with Crippen LogP contribution in [0.3, 0.4) is 0 Å². The highest BCUT2D eigenvalue weighted by Gasteiger charge is 2.21. The predicted molar refractivity (Wildman–Crippen MR) is 50.0 cm³/mol. The molecule has 0 saturated heterocycles. The highest BCUT2D eigenvalue weighted by molar-refractivity contribution is 5.85. The molecule has 1 heterocycles. The van der Waals surface area contributed by atoms with Crippen LogP contribution in [0.2, 0.25) is 0 Å². The molecule has 0 amide bonds. The fourth-order valence-electron chi connectivity index (χ4n) is 1.07. The Morgan fingerprint density at radius 3 is 3.07 bits per heavy atom. The molecule has 1 aromatic rings. The summed E-state index contributed by atoms with van der Waals surface area (Å²) in [5.41, 5.74) is 0. The minimum atomic E-state index is -0.510. The van der Waals surface area contributed by atoms with Gasteiger partial charge in [-0.25, -0.2) is 14.8 Å². The van der Waals surface area contributed by atoms with E-state index >= 15 is 0 Å². The van der Waals surface area contributed by atoms with Crippen LogP contribution in [-0.4, -0.2) is 29.1 Å². The molecular formula is C9H11N3O2. The molecule has 1 aliphatic carbocycles. The lowest BCUT2D eigenvalue weighted by molar-refractivity contribution is 0.0587. The van der Waals surface area contributed by atoms with Crippen molar-refractivity contribution in [2.24, 2.45) is 0 Å². The van der Waals surface area contributed by atoms with Gasteiger partial charge in [-0.1, -0.05) is 0 Å². The molecule has 0 aliphatic heterocycles. The quantitative estimate of drug-likeness (QED) is 0.720. The summed E-state index contributed by atoms with van der Waals surface area (Å²) in [7, 11) is 1.31. The van der Waals surface area contributed by atoms with Gasteiger partial charge in [-0.15, -0.1) is 0 Å². The van der Waals surface area contributed by atoms with Crippen molar-refractivity contribution >= 4 is 11.8 Å². The maximum Gasteiger partial charge on any atom is 0.376 e. The maximum atomic E-state index is 11.1. The zero-order valence-corrected chi connectivity index (χ0v) is 7.86. The minimum Gasteiger partial charge on any atom is -0.463 e. The van der Waals surface area contributed by atoms with E-state index < -0.39 is 5.97 Å². The van der Waals surface area contributed by atoms with E-state index in [2.05, 4.69) is 20.0 Å². The molecule has 0 aromatic carbocycles. The molecule has 5 nitrogen and oxygen atoms in total. The SMILES string of the molecule is COC(=O)c1nccc(NC2CC2)n1. The van der Waals surface area contributed by atoms with Gasteiger partial charge in [0.05, 0.1) is 7.11 Å². The number of nitrogens with zero attached hydrogens (tertiary/aromatic N) is 2. The monoisotopic (exact) mass is 193 g/mol. The fourth-order valence-corrected chi connectivity index (χ4v) is 1.07. The summed E-state index contributed by atoms with van der Waals surface area (Å²) in [5, 5.41) is 3.18. The van der Waals surface area contributed by atoms with Gasteiger partial charge >= 0.3 is 5.97 Å². The van der Waals surface area contributed by atoms with Crippen molar-refractivity contribution in [3.8, 4) is 0 Å². The van der Waals surface area contributed by atoms with Gasteiger partial charge < -0.3 is 10.1 Å². The van der Waals surface area contributed by atoms with Crippen LogP contribution in [0.1, 0.15) is 23.5 Å². The number of carbonyl (C=O) groups excluding carboxylic acids is 1. The summed E-state index contributed by atoms with van der Waals surface area (Å²) in [6.07, 6.45) is 3.87. The van der Waals surface area contributed by atoms with Crippen molar-refractivity contribution in [3.05, 3.63) is 18.1 Å². The van der Waals surface area contributed by atoms with Gasteiger partial charge in [-0.05, 0) is 18.9 Å². The fraction of sp³-hybridized carbons (Fsp3) is 0.444. The number of esters is 1. The van der Waals surface area contributed by atoms with E-state index in [1.807, 2.05) is 0 Å². The number of hydrogen-bond donors (Lipinski definition) is 1. The smallest absolute Gasteiger partial charge is 0.376 e. The first kappa shape index (κ1) is 8.93. The van der Waals surface area contributed by atoms with Crippen molar-refractivity contribution in [3.63, 3.8) is 0 Å². The van der Waals surface area contributed by atoms with Crippen molar-refractivity contribution in [2.45, 2.75) is 18.9 Å². The number of hydrogen-bond acceptors (Lipinski definition) is 5. The van der Waals surface area contributed by atoms with Gasteiger partial charge in [-0.3, -0.25) is 0 Å². The largest absolute Gasteiger partial charge is 0.463 e. The van der Waals surface area contributed by atoms with Crippen LogP contribution in [0.4, 0.5) is 5.82 Å². The van der Waals surface area contributed by atoms with Crippen molar-refractivity contribution in [2.75, 3.05) is 12.4 Å². The van der Waals surface area contributed by atoms with Crippen LogP contribution in [0, 0.1) is 0 Å². The number of rotatable bonds is 3. The Labute approximate surface area is 81.5 Å². The Balaban J connectivity index is 2.12. The summed E-state index contributed by atoms with van der Waals surface area (Å²) in [6, 6.07) is 2.25. The van der Waals surface area contributed by atoms with Crippen molar-refractivity contribution in [1.82, 2.24) is 9.97 Å². The van der Waals surface area contributed by atoms with Crippen molar-refractivity contribution in [1.29, 1.82) is 0 Å². The van der Waals surface area contributed by atoms with E-state index in [-0.39, 0.29) is 5.82 Å². The first-order valence-corrected chi connectivity index (χ1v) is 4.47. The molecule has 0 radical (unpaired) electrons. The van der Waals surface area contributed by atoms with Crippen LogP contribution in [0.5, 0.6) is 0 Å². The summed E-state index contributed by atoms with van der Waals surface area (Å²) in [6.45, 7) is 0. The molecule has 0 atom stereocenters. The summed E-state index contributed by atoms with van der Waals surface area (Å²) in [4.78, 5) is 18.9. The highest BCUT2D eigenvalue weighted by Crippen LogP contribution is 2.23. The Morgan fingerprint density at radius 2 is 2.43 bits per heavy atom. The van der Waals surface area contributed by atoms with Crippen LogP contribution in [0.25, 0.3) is 0 Å². The molecule has 2 rings (SSSR count). The highest BCUT2D eigenvalue weighted by atomic mass is 16.5. The van der Waals surface area contributed by atoms with Crippen LogP contribution >= 0.6 is 0 Å². The molecule has 5 heteroatoms. The lowest BCUT2D eigenvalue weighted by Crippen LogP contribution is -2.10. The number of anilines is 1. The average molecular weight is 193 g/mol. The van der Waals surface area contributed by atoms with Crippen molar-refractivity contribution < 1.29 is 9.53 Å². The van der Waals surface area contributed by atoms with Crippen LogP contribution in [-0.2, 0) is 4.74 Å². The van der Waals surface area contributed by atoms with Crippen LogP contribution < -0.4 is 5.32 Å². The molecular weight excluding hydrogens is 182 g/mol. The van der Waals surface area contributed by atoms with Gasteiger partial charge in [0.25, 0.3) is 0 Å². The number of ether oxygens (including phenoxy) is 1. The first-order chi connectivity index (χ1) is 6.79. The number of carbonyl (C=O) groups is 1. The molecule has 1 saturated carbocycles. The second-order valence-corrected chi connectivity index (χ2v) is 3.18. The molecule has 1 fully saturated rings. The van der Waals surface area contributed by atoms with E-state index in [0.717, 1.165) is 12.8 Å². The Bertz CT molecular complexity index is 350. The van der Waals surface area contributed by atoms with Crippen LogP contribution in [0.15, 0.2) is 12.3 Å². The number of methoxy groups -OCH3 is 1. The number of aromatic nitrogens is 2. The zero-order valence-electron chi connectivity index (χ0n) is 7.86. The summed E-state index contributed by atoms with van der Waals surface area (Å²) >= 11 is 0. The van der Waals surface area contributed by atoms with Gasteiger partial charge in [-0.2, -0.15) is 0 Å². The van der Waals surface area contributed by atoms with Gasteiger partial charge in [0.1, 0.15) is 5.82 Å². The minimum absolute atomic E-state index is 0.0955. The molecule has 1 N–H and O–H groups in total. The third-order valence-corrected chi connectivity index (χ3v) is 1.95. The Morgan fingerprint density at radius 1 is 1.64 bits per heavy atom. The topological polar surface area (TPSA) is 64.1 Å². The maximum absolute atomic E-state index is 11.1. The predicted octanol–water partition coefficient (Wildman–Crippen LogP) is 0.837. The molecule has 0 unspecified atom stereocenters. The molecule has 0 bridgehead atoms. The van der Waals surface area contributed by atoms with E-state index in [9.17, 15) is 4.79 Å². The molecule has 74 valence electrons.